The molecule has 0 aliphatic heterocycles. The van der Waals surface area contributed by atoms with Crippen LogP contribution in [0.25, 0.3) is 0 Å². The van der Waals surface area contributed by atoms with Gasteiger partial charge < -0.3 is 0 Å². The van der Waals surface area contributed by atoms with Crippen LogP contribution in [0, 0.1) is 0 Å². The Morgan fingerprint density at radius 2 is 1.00 bits per heavy atom. The average Bonchev–Trinajstić information content (AvgIpc) is 2.22. The topological polar surface area (TPSA) is 0 Å². The van der Waals surface area contributed by atoms with Crippen LogP contribution in [0.5, 0.6) is 0 Å². The maximum atomic E-state index is 2.23. The first-order valence-electron chi connectivity index (χ1n) is 5.30. The number of rotatable bonds is 0. The first kappa shape index (κ1) is 10.8. The van der Waals surface area contributed by atoms with E-state index in [1.54, 1.807) is 0 Å². The summed E-state index contributed by atoms with van der Waals surface area (Å²) in [6, 6.07) is 0. The molecule has 0 aromatic rings. The standard InChI is InChI=1S/C14H18/c1-2-4-6-8-10-12-14-13-11-9-7-5-3-1/h1-6,9,11,13-14H,7-8,10,12H2/b2-1+,5-3-,6-4-,11-9-,14-13?. The molecule has 1 aliphatic rings. The fourth-order valence-electron chi connectivity index (χ4n) is 1.22. The summed E-state index contributed by atoms with van der Waals surface area (Å²) in [4.78, 5) is 0. The molecule has 14 heavy (non-hydrogen) atoms. The van der Waals surface area contributed by atoms with Gasteiger partial charge in [-0.25, -0.2) is 0 Å². The first-order chi connectivity index (χ1) is 7.00. The maximum Gasteiger partial charge on any atom is -0.0163 e. The lowest BCUT2D eigenvalue weighted by Crippen LogP contribution is -1.68. The lowest BCUT2D eigenvalue weighted by Gasteiger charge is -1.89. The molecule has 0 saturated carbocycles. The second-order valence-electron chi connectivity index (χ2n) is 3.26. The fraction of sp³-hybridized carbons (Fsp3) is 0.286. The normalized spacial score (nSPS) is 27.4. The molecule has 0 saturated heterocycles. The number of hydrogen-bond donors (Lipinski definition) is 0. The molecule has 0 N–H and O–H groups in total. The molecule has 0 radical (unpaired) electrons. The van der Waals surface area contributed by atoms with Gasteiger partial charge in [-0.15, -0.1) is 0 Å². The highest BCUT2D eigenvalue weighted by molar-refractivity contribution is 5.13. The molecule has 0 aromatic carbocycles. The van der Waals surface area contributed by atoms with E-state index in [0.29, 0.717) is 0 Å². The van der Waals surface area contributed by atoms with Gasteiger partial charge in [-0.3, -0.25) is 0 Å². The van der Waals surface area contributed by atoms with E-state index in [1.165, 1.54) is 19.3 Å². The predicted octanol–water partition coefficient (Wildman–Crippen LogP) is 4.34. The highest BCUT2D eigenvalue weighted by Crippen LogP contribution is 1.99. The van der Waals surface area contributed by atoms with Gasteiger partial charge in [-0.1, -0.05) is 60.8 Å². The third kappa shape index (κ3) is 6.24. The van der Waals surface area contributed by atoms with Crippen molar-refractivity contribution in [3.63, 3.8) is 0 Å². The molecule has 0 heterocycles. The van der Waals surface area contributed by atoms with Crippen LogP contribution in [0.3, 0.4) is 0 Å². The van der Waals surface area contributed by atoms with Gasteiger partial charge in [0.05, 0.1) is 0 Å². The Balaban J connectivity index is 2.45. The van der Waals surface area contributed by atoms with E-state index in [9.17, 15) is 0 Å². The van der Waals surface area contributed by atoms with Crippen LogP contribution in [0.2, 0.25) is 0 Å². The van der Waals surface area contributed by atoms with E-state index < -0.39 is 0 Å². The lowest BCUT2D eigenvalue weighted by molar-refractivity contribution is 0.868. The fourth-order valence-corrected chi connectivity index (χ4v) is 1.22. The molecule has 0 spiro atoms. The summed E-state index contributed by atoms with van der Waals surface area (Å²) in [5.74, 6) is 0. The Bertz CT molecular complexity index is 262. The summed E-state index contributed by atoms with van der Waals surface area (Å²) < 4.78 is 0. The number of allylic oxidation sites excluding steroid dienone is 10. The molecule has 0 amide bonds. The molecule has 0 heteroatoms. The summed E-state index contributed by atoms with van der Waals surface area (Å²) in [6.45, 7) is 0. The van der Waals surface area contributed by atoms with E-state index in [2.05, 4.69) is 60.8 Å². The Morgan fingerprint density at radius 3 is 1.71 bits per heavy atom. The minimum absolute atomic E-state index is 1.01. The highest BCUT2D eigenvalue weighted by Gasteiger charge is 1.79. The molecule has 1 aliphatic carbocycles. The van der Waals surface area contributed by atoms with E-state index in [0.717, 1.165) is 6.42 Å². The van der Waals surface area contributed by atoms with Crippen molar-refractivity contribution in [2.45, 2.75) is 25.7 Å². The van der Waals surface area contributed by atoms with Crippen LogP contribution in [0.4, 0.5) is 0 Å². The zero-order valence-corrected chi connectivity index (χ0v) is 8.60. The SMILES string of the molecule is C1=CCCC\C=C/C=C/C=C\C/C=C\1. The third-order valence-corrected chi connectivity index (χ3v) is 2.00. The van der Waals surface area contributed by atoms with Crippen LogP contribution < -0.4 is 0 Å². The number of hydrogen-bond acceptors (Lipinski definition) is 0. The molecule has 0 aromatic heterocycles. The van der Waals surface area contributed by atoms with Crippen LogP contribution >= 0.6 is 0 Å². The van der Waals surface area contributed by atoms with Gasteiger partial charge in [0.15, 0.2) is 0 Å². The van der Waals surface area contributed by atoms with Crippen LogP contribution in [-0.2, 0) is 0 Å². The van der Waals surface area contributed by atoms with Crippen molar-refractivity contribution in [1.29, 1.82) is 0 Å². The monoisotopic (exact) mass is 186 g/mol. The molecule has 0 bridgehead atoms. The molecule has 1 rings (SSSR count). The second-order valence-corrected chi connectivity index (χ2v) is 3.26. The summed E-state index contributed by atoms with van der Waals surface area (Å²) >= 11 is 0. The molecule has 0 fully saturated rings. The van der Waals surface area contributed by atoms with Crippen molar-refractivity contribution in [2.24, 2.45) is 0 Å². The lowest BCUT2D eigenvalue weighted by atomic mass is 10.2. The first-order valence-corrected chi connectivity index (χ1v) is 5.30. The van der Waals surface area contributed by atoms with Crippen molar-refractivity contribution in [3.8, 4) is 0 Å². The quantitative estimate of drug-likeness (QED) is 0.528. The molecular weight excluding hydrogens is 168 g/mol. The Labute approximate surface area is 87.0 Å². The van der Waals surface area contributed by atoms with Crippen molar-refractivity contribution in [1.82, 2.24) is 0 Å². The largest absolute Gasteiger partial charge is 0.0845 e. The smallest absolute Gasteiger partial charge is 0.0163 e. The highest BCUT2D eigenvalue weighted by atomic mass is 13.9. The molecule has 0 unspecified atom stereocenters. The van der Waals surface area contributed by atoms with Crippen molar-refractivity contribution in [3.05, 3.63) is 60.8 Å². The van der Waals surface area contributed by atoms with Crippen molar-refractivity contribution < 1.29 is 0 Å². The van der Waals surface area contributed by atoms with Gasteiger partial charge in [0.2, 0.25) is 0 Å². The molecule has 74 valence electrons. The van der Waals surface area contributed by atoms with Crippen molar-refractivity contribution >= 4 is 0 Å². The van der Waals surface area contributed by atoms with Gasteiger partial charge in [-0.2, -0.15) is 0 Å². The zero-order chi connectivity index (χ0) is 9.90. The van der Waals surface area contributed by atoms with Gasteiger partial charge in [0.25, 0.3) is 0 Å². The van der Waals surface area contributed by atoms with Gasteiger partial charge >= 0.3 is 0 Å². The van der Waals surface area contributed by atoms with E-state index in [4.69, 9.17) is 0 Å². The molecule has 0 nitrogen and oxygen atoms in total. The Hall–Kier alpha value is -1.30. The second kappa shape index (κ2) is 8.31. The van der Waals surface area contributed by atoms with Gasteiger partial charge in [0.1, 0.15) is 0 Å². The average molecular weight is 186 g/mol. The molecule has 0 atom stereocenters. The summed E-state index contributed by atoms with van der Waals surface area (Å²) in [5.41, 5.74) is 0. The Kier molecular flexibility index (Phi) is 6.39. The van der Waals surface area contributed by atoms with Crippen LogP contribution in [-0.4, -0.2) is 0 Å². The van der Waals surface area contributed by atoms with Gasteiger partial charge in [-0.05, 0) is 25.7 Å². The molecular formula is C14H18. The minimum atomic E-state index is 1.01. The van der Waals surface area contributed by atoms with E-state index in [1.807, 2.05) is 0 Å². The maximum absolute atomic E-state index is 2.23. The van der Waals surface area contributed by atoms with Crippen molar-refractivity contribution in [2.75, 3.05) is 0 Å². The van der Waals surface area contributed by atoms with Crippen LogP contribution in [0.1, 0.15) is 25.7 Å². The summed E-state index contributed by atoms with van der Waals surface area (Å²) in [6.07, 6.45) is 26.0. The van der Waals surface area contributed by atoms with Crippen LogP contribution in [0.15, 0.2) is 60.8 Å². The summed E-state index contributed by atoms with van der Waals surface area (Å²) in [5, 5.41) is 0. The van der Waals surface area contributed by atoms with E-state index >= 15 is 0 Å². The third-order valence-electron chi connectivity index (χ3n) is 2.00. The van der Waals surface area contributed by atoms with Gasteiger partial charge in [0, 0.05) is 0 Å². The zero-order valence-electron chi connectivity index (χ0n) is 8.60. The van der Waals surface area contributed by atoms with E-state index in [-0.39, 0.29) is 0 Å². The predicted molar refractivity (Wildman–Crippen MR) is 64.2 cm³/mol. The summed E-state index contributed by atoms with van der Waals surface area (Å²) in [7, 11) is 0. The Morgan fingerprint density at radius 1 is 0.500 bits per heavy atom. The minimum Gasteiger partial charge on any atom is -0.0845 e.